The lowest BCUT2D eigenvalue weighted by atomic mass is 10.1. The molecule has 0 spiro atoms. The highest BCUT2D eigenvalue weighted by atomic mass is 35.5. The van der Waals surface area contributed by atoms with Crippen molar-refractivity contribution in [3.63, 3.8) is 0 Å². The van der Waals surface area contributed by atoms with Crippen molar-refractivity contribution in [2.45, 2.75) is 0 Å². The minimum Gasteiger partial charge on any atom is -0.492 e. The molecule has 2 aromatic carbocycles. The molecular weight excluding hydrogens is 312 g/mol. The summed E-state index contributed by atoms with van der Waals surface area (Å²) in [6.07, 6.45) is 0. The van der Waals surface area contributed by atoms with Crippen LogP contribution < -0.4 is 10.1 Å². The van der Waals surface area contributed by atoms with Crippen molar-refractivity contribution >= 4 is 28.4 Å². The fourth-order valence-corrected chi connectivity index (χ4v) is 2.48. The number of carbonyl (C=O) groups excluding carboxylic acids is 1. The maximum Gasteiger partial charge on any atom is 0.252 e. The van der Waals surface area contributed by atoms with Crippen molar-refractivity contribution in [3.8, 4) is 5.75 Å². The maximum atomic E-state index is 12.4. The van der Waals surface area contributed by atoms with E-state index in [0.29, 0.717) is 29.4 Å². The number of halogens is 1. The molecule has 0 saturated heterocycles. The van der Waals surface area contributed by atoms with Gasteiger partial charge in [-0.2, -0.15) is 0 Å². The van der Waals surface area contributed by atoms with Gasteiger partial charge in [0.1, 0.15) is 17.5 Å². The number of amides is 1. The third-order valence-electron chi connectivity index (χ3n) is 3.33. The number of para-hydroxylation sites is 2. The van der Waals surface area contributed by atoms with Crippen LogP contribution in [0.1, 0.15) is 10.4 Å². The second-order valence-corrected chi connectivity index (χ2v) is 5.31. The van der Waals surface area contributed by atoms with Gasteiger partial charge in [0, 0.05) is 5.39 Å². The van der Waals surface area contributed by atoms with E-state index in [1.165, 1.54) is 0 Å². The highest BCUT2D eigenvalue weighted by Crippen LogP contribution is 2.20. The Morgan fingerprint density at radius 1 is 1.09 bits per heavy atom. The Kier molecular flexibility index (Phi) is 4.74. The summed E-state index contributed by atoms with van der Waals surface area (Å²) in [7, 11) is 0. The zero-order valence-corrected chi connectivity index (χ0v) is 13.1. The molecule has 23 heavy (non-hydrogen) atoms. The highest BCUT2D eigenvalue weighted by molar-refractivity contribution is 6.30. The van der Waals surface area contributed by atoms with Crippen molar-refractivity contribution < 1.29 is 9.53 Å². The zero-order chi connectivity index (χ0) is 16.1. The first-order valence-electron chi connectivity index (χ1n) is 7.25. The second-order valence-electron chi connectivity index (χ2n) is 4.93. The van der Waals surface area contributed by atoms with E-state index < -0.39 is 0 Å². The topological polar surface area (TPSA) is 51.2 Å². The molecule has 5 heteroatoms. The molecular formula is C18H15ClN2O2. The first-order chi connectivity index (χ1) is 11.2. The van der Waals surface area contributed by atoms with Crippen LogP contribution in [0.4, 0.5) is 0 Å². The fraction of sp³-hybridized carbons (Fsp3) is 0.111. The Labute approximate surface area is 139 Å². The maximum absolute atomic E-state index is 12.4. The van der Waals surface area contributed by atoms with Crippen LogP contribution in [-0.2, 0) is 0 Å². The second kappa shape index (κ2) is 7.11. The first-order valence-corrected chi connectivity index (χ1v) is 7.63. The largest absolute Gasteiger partial charge is 0.492 e. The van der Waals surface area contributed by atoms with Crippen LogP contribution in [-0.4, -0.2) is 24.0 Å². The van der Waals surface area contributed by atoms with Gasteiger partial charge in [-0.05, 0) is 24.3 Å². The summed E-state index contributed by atoms with van der Waals surface area (Å²) >= 11 is 5.99. The number of hydrogen-bond acceptors (Lipinski definition) is 3. The molecule has 0 fully saturated rings. The molecule has 0 unspecified atom stereocenters. The minimum atomic E-state index is -0.192. The van der Waals surface area contributed by atoms with Crippen LogP contribution >= 0.6 is 11.6 Å². The van der Waals surface area contributed by atoms with Crippen LogP contribution in [0.15, 0.2) is 60.7 Å². The van der Waals surface area contributed by atoms with Gasteiger partial charge in [0.25, 0.3) is 5.91 Å². The molecule has 0 saturated carbocycles. The highest BCUT2D eigenvalue weighted by Gasteiger charge is 2.11. The summed E-state index contributed by atoms with van der Waals surface area (Å²) in [6, 6.07) is 18.5. The van der Waals surface area contributed by atoms with E-state index in [4.69, 9.17) is 16.3 Å². The van der Waals surface area contributed by atoms with Crippen molar-refractivity contribution in [1.82, 2.24) is 10.3 Å². The van der Waals surface area contributed by atoms with Crippen LogP contribution in [0.3, 0.4) is 0 Å². The van der Waals surface area contributed by atoms with Crippen molar-refractivity contribution in [3.05, 3.63) is 71.4 Å². The Bertz CT molecular complexity index is 822. The van der Waals surface area contributed by atoms with Crippen LogP contribution in [0.5, 0.6) is 5.75 Å². The average Bonchev–Trinajstić information content (AvgIpc) is 2.58. The zero-order valence-electron chi connectivity index (χ0n) is 12.3. The van der Waals surface area contributed by atoms with Crippen LogP contribution in [0, 0.1) is 0 Å². The average molecular weight is 327 g/mol. The van der Waals surface area contributed by atoms with Crippen molar-refractivity contribution in [1.29, 1.82) is 0 Å². The molecule has 4 nitrogen and oxygen atoms in total. The number of nitrogens with one attached hydrogen (secondary N) is 1. The van der Waals surface area contributed by atoms with Gasteiger partial charge in [0.05, 0.1) is 17.6 Å². The number of rotatable bonds is 5. The monoisotopic (exact) mass is 326 g/mol. The molecule has 0 aliphatic rings. The smallest absolute Gasteiger partial charge is 0.252 e. The number of fused-ring (bicyclic) bond motifs is 1. The molecule has 0 aliphatic carbocycles. The normalized spacial score (nSPS) is 10.5. The van der Waals surface area contributed by atoms with E-state index in [-0.39, 0.29) is 5.91 Å². The number of hydrogen-bond donors (Lipinski definition) is 1. The van der Waals surface area contributed by atoms with E-state index in [1.54, 1.807) is 6.07 Å². The molecule has 3 rings (SSSR count). The molecule has 0 radical (unpaired) electrons. The van der Waals surface area contributed by atoms with Gasteiger partial charge in [-0.25, -0.2) is 4.98 Å². The predicted molar refractivity (Wildman–Crippen MR) is 91.0 cm³/mol. The number of aromatic nitrogens is 1. The predicted octanol–water partition coefficient (Wildman–Crippen LogP) is 3.70. The third-order valence-corrected chi connectivity index (χ3v) is 3.52. The molecule has 0 bridgehead atoms. The van der Waals surface area contributed by atoms with E-state index in [1.807, 2.05) is 54.6 Å². The summed E-state index contributed by atoms with van der Waals surface area (Å²) < 4.78 is 5.55. The summed E-state index contributed by atoms with van der Waals surface area (Å²) in [5.74, 6) is 0.585. The Hall–Kier alpha value is -2.59. The van der Waals surface area contributed by atoms with E-state index in [0.717, 1.165) is 11.1 Å². The van der Waals surface area contributed by atoms with E-state index >= 15 is 0 Å². The summed E-state index contributed by atoms with van der Waals surface area (Å²) in [5, 5.41) is 3.91. The van der Waals surface area contributed by atoms with Gasteiger partial charge in [-0.3, -0.25) is 4.79 Å². The number of pyridine rings is 1. The molecule has 0 atom stereocenters. The molecule has 1 N–H and O–H groups in total. The summed E-state index contributed by atoms with van der Waals surface area (Å²) in [6.45, 7) is 0.800. The summed E-state index contributed by atoms with van der Waals surface area (Å²) in [5.41, 5.74) is 1.21. The lowest BCUT2D eigenvalue weighted by Gasteiger charge is -2.09. The third kappa shape index (κ3) is 3.79. The quantitative estimate of drug-likeness (QED) is 0.574. The Morgan fingerprint density at radius 2 is 1.83 bits per heavy atom. The molecule has 1 aromatic heterocycles. The van der Waals surface area contributed by atoms with Crippen molar-refractivity contribution in [2.24, 2.45) is 0 Å². The minimum absolute atomic E-state index is 0.192. The van der Waals surface area contributed by atoms with E-state index in [2.05, 4.69) is 10.3 Å². The number of carbonyl (C=O) groups is 1. The Balaban J connectivity index is 1.64. The lowest BCUT2D eigenvalue weighted by molar-refractivity contribution is 0.0948. The summed E-state index contributed by atoms with van der Waals surface area (Å²) in [4.78, 5) is 16.6. The lowest BCUT2D eigenvalue weighted by Crippen LogP contribution is -2.28. The molecule has 1 amide bonds. The van der Waals surface area contributed by atoms with Gasteiger partial charge in [0.2, 0.25) is 0 Å². The fourth-order valence-electron chi connectivity index (χ4n) is 2.28. The van der Waals surface area contributed by atoms with Gasteiger partial charge in [-0.15, -0.1) is 0 Å². The van der Waals surface area contributed by atoms with Crippen molar-refractivity contribution in [2.75, 3.05) is 13.2 Å². The van der Waals surface area contributed by atoms with Crippen LogP contribution in [0.2, 0.25) is 5.15 Å². The molecule has 3 aromatic rings. The SMILES string of the molecule is O=C(NCCOc1ccccc1)c1cc(Cl)nc2ccccc12. The van der Waals surface area contributed by atoms with E-state index in [9.17, 15) is 4.79 Å². The molecule has 116 valence electrons. The van der Waals surface area contributed by atoms with Crippen LogP contribution in [0.25, 0.3) is 10.9 Å². The number of nitrogens with zero attached hydrogens (tertiary/aromatic N) is 1. The van der Waals surface area contributed by atoms with Gasteiger partial charge >= 0.3 is 0 Å². The molecule has 1 heterocycles. The van der Waals surface area contributed by atoms with Gasteiger partial charge in [0.15, 0.2) is 0 Å². The standard InChI is InChI=1S/C18H15ClN2O2/c19-17-12-15(14-8-4-5-9-16(14)21-17)18(22)20-10-11-23-13-6-2-1-3-7-13/h1-9,12H,10-11H2,(H,20,22). The first kappa shape index (κ1) is 15.3. The van der Waals surface area contributed by atoms with Gasteiger partial charge < -0.3 is 10.1 Å². The molecule has 0 aliphatic heterocycles. The van der Waals surface area contributed by atoms with Gasteiger partial charge in [-0.1, -0.05) is 48.0 Å². The number of ether oxygens (including phenoxy) is 1. The Morgan fingerprint density at radius 3 is 2.65 bits per heavy atom. The number of benzene rings is 2.